The molecule has 0 fully saturated rings. The minimum atomic E-state index is -4.72. The van der Waals surface area contributed by atoms with E-state index >= 15 is 0 Å². The third-order valence-electron chi connectivity index (χ3n) is 4.14. The maximum atomic E-state index is 13.5. The molecule has 0 spiro atoms. The average Bonchev–Trinajstić information content (AvgIpc) is 3.26. The Hall–Kier alpha value is -2.19. The average molecular weight is 483 g/mol. The normalized spacial score (nSPS) is 13.5. The summed E-state index contributed by atoms with van der Waals surface area (Å²) >= 11 is 2.10. The van der Waals surface area contributed by atoms with Crippen molar-refractivity contribution < 1.29 is 22.5 Å². The topological polar surface area (TPSA) is 74.0 Å². The number of rotatable bonds is 8. The van der Waals surface area contributed by atoms with Gasteiger partial charge < -0.3 is 5.11 Å². The Bertz CT molecular complexity index is 1080. The van der Waals surface area contributed by atoms with E-state index in [2.05, 4.69) is 4.98 Å². The highest BCUT2D eigenvalue weighted by molar-refractivity contribution is 7.99. The van der Waals surface area contributed by atoms with Crippen LogP contribution in [0.1, 0.15) is 16.7 Å². The van der Waals surface area contributed by atoms with Gasteiger partial charge in [0.1, 0.15) is 11.1 Å². The van der Waals surface area contributed by atoms with E-state index in [0.717, 1.165) is 23.4 Å². The smallest absolute Gasteiger partial charge is 0.391 e. The molecule has 2 heterocycles. The SMILES string of the molecule is N#Cc1c(C(F)(F)F)cc(-c2cccs2)nc1SC[C@H](O)C[S@@](=O)Cc1ccccc1. The molecule has 3 aromatic rings. The van der Waals surface area contributed by atoms with Gasteiger partial charge in [0.25, 0.3) is 0 Å². The summed E-state index contributed by atoms with van der Waals surface area (Å²) in [4.78, 5) is 4.79. The molecule has 31 heavy (non-hydrogen) atoms. The van der Waals surface area contributed by atoms with Gasteiger partial charge in [-0.3, -0.25) is 4.21 Å². The minimum absolute atomic E-state index is 0.0273. The van der Waals surface area contributed by atoms with Gasteiger partial charge in [-0.1, -0.05) is 36.4 Å². The first kappa shape index (κ1) is 23.5. The van der Waals surface area contributed by atoms with Crippen molar-refractivity contribution in [3.8, 4) is 16.6 Å². The Balaban J connectivity index is 1.76. The number of nitriles is 1. The number of nitrogens with zero attached hydrogens (tertiary/aromatic N) is 2. The van der Waals surface area contributed by atoms with Crippen molar-refractivity contribution in [1.29, 1.82) is 5.26 Å². The molecular formula is C21H17F3N2O2S3. The highest BCUT2D eigenvalue weighted by Gasteiger charge is 2.36. The number of thioether (sulfide) groups is 1. The van der Waals surface area contributed by atoms with E-state index in [1.54, 1.807) is 23.6 Å². The Morgan fingerprint density at radius 3 is 2.58 bits per heavy atom. The molecule has 10 heteroatoms. The Morgan fingerprint density at radius 1 is 1.23 bits per heavy atom. The fourth-order valence-corrected chi connectivity index (χ4v) is 5.76. The standard InChI is InChI=1S/C21H17F3N2O2S3/c22-21(23,24)17-9-18(19-7-4-8-29-19)26-20(16(17)10-25)30-11-15(27)13-31(28)12-14-5-2-1-3-6-14/h1-9,15,27H,11-13H2/t15-,31-/m0/s1. The Kier molecular flexibility index (Phi) is 7.89. The maximum Gasteiger partial charge on any atom is 0.417 e. The van der Waals surface area contributed by atoms with Gasteiger partial charge in [0.2, 0.25) is 0 Å². The van der Waals surface area contributed by atoms with Gasteiger partial charge in [-0.05, 0) is 23.1 Å². The molecule has 3 rings (SSSR count). The second-order valence-electron chi connectivity index (χ2n) is 6.52. The molecule has 0 unspecified atom stereocenters. The largest absolute Gasteiger partial charge is 0.417 e. The zero-order valence-electron chi connectivity index (χ0n) is 16.0. The Labute approximate surface area is 188 Å². The van der Waals surface area contributed by atoms with E-state index in [1.165, 1.54) is 11.3 Å². The molecular weight excluding hydrogens is 465 g/mol. The first-order chi connectivity index (χ1) is 14.8. The summed E-state index contributed by atoms with van der Waals surface area (Å²) in [6.07, 6.45) is -5.74. The van der Waals surface area contributed by atoms with Crippen LogP contribution in [0, 0.1) is 11.3 Å². The molecule has 0 amide bonds. The third-order valence-corrected chi connectivity index (χ3v) is 7.56. The third kappa shape index (κ3) is 6.40. The molecule has 0 radical (unpaired) electrons. The van der Waals surface area contributed by atoms with Crippen LogP contribution >= 0.6 is 23.1 Å². The number of benzene rings is 1. The van der Waals surface area contributed by atoms with Gasteiger partial charge in [0.05, 0.1) is 33.6 Å². The fraction of sp³-hybridized carbons (Fsp3) is 0.238. The number of aliphatic hydroxyl groups is 1. The van der Waals surface area contributed by atoms with Crippen LogP contribution < -0.4 is 0 Å². The number of hydrogen-bond donors (Lipinski definition) is 1. The molecule has 0 aliphatic carbocycles. The molecule has 0 saturated carbocycles. The molecule has 0 aliphatic heterocycles. The summed E-state index contributed by atoms with van der Waals surface area (Å²) < 4.78 is 52.9. The van der Waals surface area contributed by atoms with Crippen molar-refractivity contribution in [3.63, 3.8) is 0 Å². The van der Waals surface area contributed by atoms with Crippen molar-refractivity contribution in [2.45, 2.75) is 23.1 Å². The summed E-state index contributed by atoms with van der Waals surface area (Å²) in [6, 6.07) is 15.0. The first-order valence-electron chi connectivity index (χ1n) is 9.04. The molecule has 1 N–H and O–H groups in total. The first-order valence-corrected chi connectivity index (χ1v) is 12.4. The molecule has 0 saturated heterocycles. The number of thiophene rings is 1. The zero-order chi connectivity index (χ0) is 22.4. The van der Waals surface area contributed by atoms with Crippen molar-refractivity contribution >= 4 is 33.9 Å². The van der Waals surface area contributed by atoms with E-state index in [0.29, 0.717) is 4.88 Å². The predicted molar refractivity (Wildman–Crippen MR) is 117 cm³/mol. The maximum absolute atomic E-state index is 13.5. The van der Waals surface area contributed by atoms with E-state index in [-0.39, 0.29) is 28.0 Å². The Morgan fingerprint density at radius 2 is 1.97 bits per heavy atom. The number of pyridine rings is 1. The molecule has 2 aromatic heterocycles. The second-order valence-corrected chi connectivity index (χ2v) is 9.98. The number of aliphatic hydroxyl groups excluding tert-OH is 1. The van der Waals surface area contributed by atoms with Gasteiger partial charge in [0, 0.05) is 22.3 Å². The molecule has 162 valence electrons. The molecule has 2 atom stereocenters. The highest BCUT2D eigenvalue weighted by atomic mass is 32.2. The lowest BCUT2D eigenvalue weighted by Crippen LogP contribution is -2.20. The lowest BCUT2D eigenvalue weighted by Gasteiger charge is -2.15. The van der Waals surface area contributed by atoms with E-state index in [1.807, 2.05) is 30.3 Å². The van der Waals surface area contributed by atoms with E-state index < -0.39 is 34.2 Å². The lowest BCUT2D eigenvalue weighted by atomic mass is 10.1. The summed E-state index contributed by atoms with van der Waals surface area (Å²) in [5, 5.41) is 21.2. The van der Waals surface area contributed by atoms with Gasteiger partial charge in [-0.15, -0.1) is 23.1 Å². The number of alkyl halides is 3. The molecule has 0 bridgehead atoms. The van der Waals surface area contributed by atoms with Gasteiger partial charge in [-0.2, -0.15) is 18.4 Å². The van der Waals surface area contributed by atoms with Crippen LogP contribution in [-0.2, 0) is 22.7 Å². The van der Waals surface area contributed by atoms with Crippen LogP contribution in [0.2, 0.25) is 0 Å². The van der Waals surface area contributed by atoms with E-state index in [9.17, 15) is 27.7 Å². The van der Waals surface area contributed by atoms with Crippen LogP contribution in [-0.4, -0.2) is 31.9 Å². The lowest BCUT2D eigenvalue weighted by molar-refractivity contribution is -0.138. The molecule has 1 aromatic carbocycles. The van der Waals surface area contributed by atoms with E-state index in [4.69, 9.17) is 0 Å². The van der Waals surface area contributed by atoms with Crippen molar-refractivity contribution in [2.24, 2.45) is 0 Å². The summed E-state index contributed by atoms with van der Waals surface area (Å²) in [7, 11) is -1.34. The monoisotopic (exact) mass is 482 g/mol. The quantitative estimate of drug-likeness (QED) is 0.452. The van der Waals surface area contributed by atoms with Crippen molar-refractivity contribution in [2.75, 3.05) is 11.5 Å². The highest BCUT2D eigenvalue weighted by Crippen LogP contribution is 2.38. The van der Waals surface area contributed by atoms with Gasteiger partial charge in [0.15, 0.2) is 0 Å². The molecule has 4 nitrogen and oxygen atoms in total. The van der Waals surface area contributed by atoms with Gasteiger partial charge in [-0.25, -0.2) is 4.98 Å². The fourth-order valence-electron chi connectivity index (χ4n) is 2.77. The summed E-state index contributed by atoms with van der Waals surface area (Å²) in [6.45, 7) is 0. The summed E-state index contributed by atoms with van der Waals surface area (Å²) in [5.41, 5.74) is -0.646. The number of halogens is 3. The minimum Gasteiger partial charge on any atom is -0.391 e. The molecule has 0 aliphatic rings. The van der Waals surface area contributed by atoms with Crippen LogP contribution in [0.4, 0.5) is 13.2 Å². The van der Waals surface area contributed by atoms with Gasteiger partial charge >= 0.3 is 6.18 Å². The predicted octanol–water partition coefficient (Wildman–Crippen LogP) is 5.10. The van der Waals surface area contributed by atoms with Crippen molar-refractivity contribution in [3.05, 3.63) is 70.6 Å². The van der Waals surface area contributed by atoms with Crippen molar-refractivity contribution in [1.82, 2.24) is 4.98 Å². The second kappa shape index (κ2) is 10.4. The zero-order valence-corrected chi connectivity index (χ0v) is 18.5. The number of hydrogen-bond acceptors (Lipinski definition) is 6. The van der Waals surface area contributed by atoms with Crippen LogP contribution in [0.15, 0.2) is 58.9 Å². The van der Waals surface area contributed by atoms with Crippen LogP contribution in [0.5, 0.6) is 0 Å². The van der Waals surface area contributed by atoms with Crippen LogP contribution in [0.25, 0.3) is 10.6 Å². The number of aromatic nitrogens is 1. The van der Waals surface area contributed by atoms with Crippen LogP contribution in [0.3, 0.4) is 0 Å². The summed E-state index contributed by atoms with van der Waals surface area (Å²) in [5.74, 6) is 0.213.